The molecule has 2 fully saturated rings. The van der Waals surface area contributed by atoms with Crippen molar-refractivity contribution in [1.29, 1.82) is 0 Å². The van der Waals surface area contributed by atoms with Gasteiger partial charge in [0.15, 0.2) is 0 Å². The first-order valence-corrected chi connectivity index (χ1v) is 10.9. The molecule has 2 N–H and O–H groups in total. The van der Waals surface area contributed by atoms with E-state index in [0.29, 0.717) is 13.2 Å². The first kappa shape index (κ1) is 24.0. The summed E-state index contributed by atoms with van der Waals surface area (Å²) < 4.78 is 12.3. The van der Waals surface area contributed by atoms with Gasteiger partial charge in [0.2, 0.25) is 0 Å². The zero-order valence-electron chi connectivity index (χ0n) is 19.4. The quantitative estimate of drug-likeness (QED) is 0.657. The maximum Gasteiger partial charge on any atom is 0.0704 e. The summed E-state index contributed by atoms with van der Waals surface area (Å²) in [5.74, 6) is 0. The zero-order valence-corrected chi connectivity index (χ0v) is 19.4. The molecule has 166 valence electrons. The lowest BCUT2D eigenvalue weighted by Crippen LogP contribution is -2.52. The van der Waals surface area contributed by atoms with Crippen molar-refractivity contribution in [2.24, 2.45) is 0 Å². The van der Waals surface area contributed by atoms with Crippen LogP contribution in [-0.2, 0) is 9.47 Å². The third kappa shape index (κ3) is 5.67. The standard InChI is InChI=1S/C22H44N2O4/c1-19(2)11-9-17(15-21(5,6)23(19)25)27-13-14-28-18-10-12-20(3,4)24(26)22(7,8)16-18/h17-18,25-26H,9-16H2,1-8H3. The SMILES string of the molecule is CC1(C)CCC(OCCOC2CCC(C)(C)N(O)C(C)(C)C2)CC(C)(C)N1O. The topological polar surface area (TPSA) is 65.4 Å². The molecule has 6 nitrogen and oxygen atoms in total. The Balaban J connectivity index is 1.83. The maximum absolute atomic E-state index is 10.6. The highest BCUT2D eigenvalue weighted by molar-refractivity contribution is 4.94. The Morgan fingerprint density at radius 2 is 0.964 bits per heavy atom. The van der Waals surface area contributed by atoms with E-state index in [9.17, 15) is 10.4 Å². The molecule has 2 heterocycles. The molecular weight excluding hydrogens is 356 g/mol. The van der Waals surface area contributed by atoms with Crippen LogP contribution in [0.3, 0.4) is 0 Å². The predicted octanol–water partition coefficient (Wildman–Crippen LogP) is 4.62. The molecule has 0 saturated carbocycles. The number of hydrogen-bond acceptors (Lipinski definition) is 6. The Morgan fingerprint density at radius 3 is 1.29 bits per heavy atom. The molecule has 0 bridgehead atoms. The second-order valence-corrected chi connectivity index (χ2v) is 11.3. The monoisotopic (exact) mass is 400 g/mol. The van der Waals surface area contributed by atoms with Crippen LogP contribution >= 0.6 is 0 Å². The van der Waals surface area contributed by atoms with Crippen molar-refractivity contribution >= 4 is 0 Å². The van der Waals surface area contributed by atoms with Crippen molar-refractivity contribution in [2.75, 3.05) is 13.2 Å². The van der Waals surface area contributed by atoms with Gasteiger partial charge in [-0.1, -0.05) is 0 Å². The smallest absolute Gasteiger partial charge is 0.0704 e. The highest BCUT2D eigenvalue weighted by Gasteiger charge is 2.43. The van der Waals surface area contributed by atoms with E-state index in [1.54, 1.807) is 0 Å². The van der Waals surface area contributed by atoms with E-state index in [1.165, 1.54) is 10.1 Å². The van der Waals surface area contributed by atoms with Gasteiger partial charge < -0.3 is 19.9 Å². The van der Waals surface area contributed by atoms with Crippen molar-refractivity contribution in [3.05, 3.63) is 0 Å². The molecule has 2 aliphatic rings. The molecule has 28 heavy (non-hydrogen) atoms. The lowest BCUT2D eigenvalue weighted by molar-refractivity contribution is -0.224. The van der Waals surface area contributed by atoms with Gasteiger partial charge in [-0.2, -0.15) is 10.1 Å². The molecule has 0 aromatic carbocycles. The summed E-state index contributed by atoms with van der Waals surface area (Å²) >= 11 is 0. The summed E-state index contributed by atoms with van der Waals surface area (Å²) in [5, 5.41) is 24.2. The van der Waals surface area contributed by atoms with Crippen molar-refractivity contribution < 1.29 is 19.9 Å². The van der Waals surface area contributed by atoms with Gasteiger partial charge in [-0.25, -0.2) is 0 Å². The second-order valence-electron chi connectivity index (χ2n) is 11.3. The number of hydrogen-bond donors (Lipinski definition) is 2. The first-order chi connectivity index (χ1) is 12.7. The van der Waals surface area contributed by atoms with Crippen LogP contribution in [0, 0.1) is 0 Å². The molecule has 2 saturated heterocycles. The van der Waals surface area contributed by atoms with E-state index in [1.807, 2.05) is 0 Å². The van der Waals surface area contributed by atoms with E-state index in [-0.39, 0.29) is 34.4 Å². The van der Waals surface area contributed by atoms with E-state index in [0.717, 1.165) is 38.5 Å². The van der Waals surface area contributed by atoms with Crippen LogP contribution < -0.4 is 0 Å². The molecule has 0 amide bonds. The summed E-state index contributed by atoms with van der Waals surface area (Å²) in [6, 6.07) is 0. The summed E-state index contributed by atoms with van der Waals surface area (Å²) in [6.07, 6.45) is 5.55. The summed E-state index contributed by atoms with van der Waals surface area (Å²) in [6.45, 7) is 17.8. The third-order valence-electron chi connectivity index (χ3n) is 6.69. The minimum Gasteiger partial charge on any atom is -0.376 e. The first-order valence-electron chi connectivity index (χ1n) is 10.9. The average molecular weight is 401 g/mol. The van der Waals surface area contributed by atoms with Gasteiger partial charge >= 0.3 is 0 Å². The van der Waals surface area contributed by atoms with Crippen LogP contribution in [0.5, 0.6) is 0 Å². The van der Waals surface area contributed by atoms with Crippen LogP contribution in [0.15, 0.2) is 0 Å². The fourth-order valence-electron chi connectivity index (χ4n) is 5.08. The normalized spacial score (nSPS) is 33.2. The molecule has 6 heteroatoms. The van der Waals surface area contributed by atoms with Crippen molar-refractivity contribution in [2.45, 2.75) is 128 Å². The molecule has 0 aromatic heterocycles. The van der Waals surface area contributed by atoms with E-state index < -0.39 is 0 Å². The van der Waals surface area contributed by atoms with Crippen LogP contribution in [-0.4, -0.2) is 68.1 Å². The minimum absolute atomic E-state index is 0.132. The summed E-state index contributed by atoms with van der Waals surface area (Å²) in [5.41, 5.74) is -1.11. The predicted molar refractivity (Wildman–Crippen MR) is 111 cm³/mol. The zero-order chi connectivity index (χ0) is 21.4. The summed E-state index contributed by atoms with van der Waals surface area (Å²) in [7, 11) is 0. The van der Waals surface area contributed by atoms with Gasteiger partial charge in [0, 0.05) is 22.2 Å². The van der Waals surface area contributed by atoms with E-state index in [2.05, 4.69) is 55.4 Å². The fourth-order valence-corrected chi connectivity index (χ4v) is 5.08. The van der Waals surface area contributed by atoms with Crippen molar-refractivity contribution in [3.8, 4) is 0 Å². The molecule has 2 atom stereocenters. The fraction of sp³-hybridized carbons (Fsp3) is 1.00. The lowest BCUT2D eigenvalue weighted by Gasteiger charge is -2.42. The Bertz CT molecular complexity index is 473. The van der Waals surface area contributed by atoms with Crippen molar-refractivity contribution in [3.63, 3.8) is 0 Å². The molecule has 0 radical (unpaired) electrons. The highest BCUT2D eigenvalue weighted by Crippen LogP contribution is 2.37. The summed E-state index contributed by atoms with van der Waals surface area (Å²) in [4.78, 5) is 0. The Hall–Kier alpha value is -0.240. The largest absolute Gasteiger partial charge is 0.376 e. The highest BCUT2D eigenvalue weighted by atomic mass is 16.5. The number of ether oxygens (including phenoxy) is 2. The van der Waals surface area contributed by atoms with Gasteiger partial charge in [0.05, 0.1) is 25.4 Å². The molecule has 2 unspecified atom stereocenters. The molecular formula is C22H44N2O4. The third-order valence-corrected chi connectivity index (χ3v) is 6.69. The van der Waals surface area contributed by atoms with E-state index in [4.69, 9.17) is 9.47 Å². The van der Waals surface area contributed by atoms with Gasteiger partial charge in [0.1, 0.15) is 0 Å². The molecule has 0 spiro atoms. The van der Waals surface area contributed by atoms with Gasteiger partial charge in [-0.3, -0.25) is 0 Å². The van der Waals surface area contributed by atoms with Crippen molar-refractivity contribution in [1.82, 2.24) is 10.1 Å². The van der Waals surface area contributed by atoms with Crippen LogP contribution in [0.2, 0.25) is 0 Å². The lowest BCUT2D eigenvalue weighted by atomic mass is 9.95. The van der Waals surface area contributed by atoms with Crippen LogP contribution in [0.4, 0.5) is 0 Å². The maximum atomic E-state index is 10.6. The number of nitrogens with zero attached hydrogens (tertiary/aromatic N) is 2. The molecule has 0 aromatic rings. The van der Waals surface area contributed by atoms with E-state index >= 15 is 0 Å². The number of rotatable bonds is 5. The molecule has 2 aliphatic heterocycles. The van der Waals surface area contributed by atoms with Crippen LogP contribution in [0.1, 0.15) is 93.9 Å². The average Bonchev–Trinajstić information content (AvgIpc) is 2.70. The Morgan fingerprint density at radius 1 is 0.643 bits per heavy atom. The molecule has 0 aliphatic carbocycles. The number of hydroxylamine groups is 4. The Labute approximate surface area is 172 Å². The van der Waals surface area contributed by atoms with Gasteiger partial charge in [0.25, 0.3) is 0 Å². The van der Waals surface area contributed by atoms with Gasteiger partial charge in [-0.15, -0.1) is 0 Å². The van der Waals surface area contributed by atoms with Gasteiger partial charge in [-0.05, 0) is 93.9 Å². The minimum atomic E-state index is -0.312. The van der Waals surface area contributed by atoms with Crippen LogP contribution in [0.25, 0.3) is 0 Å². The second kappa shape index (κ2) is 8.48. The Kier molecular flexibility index (Phi) is 7.28. The molecule has 2 rings (SSSR count).